The molecule has 1 N–H and O–H groups in total. The summed E-state index contributed by atoms with van der Waals surface area (Å²) in [5, 5.41) is 10.1. The first kappa shape index (κ1) is 2.46. The minimum absolute atomic E-state index is 0.220. The molecule has 0 aliphatic heterocycles. The van der Waals surface area contributed by atoms with Crippen LogP contribution in [0.25, 0.3) is 0 Å². The molecule has 1 heteroatoms. The Morgan fingerprint density at radius 3 is 3.45 bits per heavy atom. The summed E-state index contributed by atoms with van der Waals surface area (Å²) in [5.41, 5.74) is -0.451. The maximum Gasteiger partial charge on any atom is 0.0756 e. The quantitative estimate of drug-likeness (QED) is 0.572. The summed E-state index contributed by atoms with van der Waals surface area (Å²) in [6.07, 6.45) is -8.46. The molecule has 2 aliphatic rings. The van der Waals surface area contributed by atoms with Crippen LogP contribution in [0, 0.1) is 5.89 Å². The average Bonchev–Trinajstić information content (AvgIpc) is 2.27. The number of hydrogen-bond donors (Lipinski definition) is 1. The van der Waals surface area contributed by atoms with Gasteiger partial charge in [0.05, 0.1) is 7.45 Å². The van der Waals surface area contributed by atoms with Crippen LogP contribution < -0.4 is 0 Å². The lowest BCUT2D eigenvalue weighted by Crippen LogP contribution is -2.24. The molecule has 0 heterocycles. The fourth-order valence-corrected chi connectivity index (χ4v) is 1.13. The van der Waals surface area contributed by atoms with Gasteiger partial charge in [-0.3, -0.25) is 0 Å². The topological polar surface area (TPSA) is 20.2 Å². The lowest BCUT2D eigenvalue weighted by atomic mass is 9.78. The Hall–Kier alpha value is -0.560. The van der Waals surface area contributed by atoms with Crippen molar-refractivity contribution in [3.63, 3.8) is 0 Å². The first-order valence-corrected chi connectivity index (χ1v) is 3.44. The van der Waals surface area contributed by atoms with Gasteiger partial charge < -0.3 is 5.11 Å². The molecule has 0 bridgehead atoms. The van der Waals surface area contributed by atoms with E-state index in [9.17, 15) is 5.11 Å². The maximum atomic E-state index is 10.1. The smallest absolute Gasteiger partial charge is 0.0756 e. The van der Waals surface area contributed by atoms with Crippen LogP contribution in [-0.4, -0.2) is 11.2 Å². The van der Waals surface area contributed by atoms with Gasteiger partial charge in [-0.1, -0.05) is 18.2 Å². The van der Waals surface area contributed by atoms with Crippen molar-refractivity contribution in [2.24, 2.45) is 5.89 Å². The van der Waals surface area contributed by atoms with E-state index in [-0.39, 0.29) is 6.42 Å². The molecule has 0 aromatic rings. The highest BCUT2D eigenvalue weighted by atomic mass is 16.3. The zero-order chi connectivity index (χ0) is 14.9. The standard InChI is InChI=1S/C10H14O/c11-10-7-3-5-8-4-1-2-6-9(8)10/h1-2,6,8,10-11H,3-5,7H2/i3D2,5D2,7D2,8D,10D. The van der Waals surface area contributed by atoms with E-state index in [1.54, 1.807) is 0 Å². The van der Waals surface area contributed by atoms with Gasteiger partial charge in [-0.2, -0.15) is 0 Å². The fraction of sp³-hybridized carbons (Fsp3) is 0.600. The highest BCUT2D eigenvalue weighted by Crippen LogP contribution is 2.34. The van der Waals surface area contributed by atoms with Crippen molar-refractivity contribution in [3.05, 3.63) is 23.8 Å². The molecular weight excluding hydrogens is 136 g/mol. The van der Waals surface area contributed by atoms with Crippen LogP contribution in [0.2, 0.25) is 0 Å². The lowest BCUT2D eigenvalue weighted by molar-refractivity contribution is 0.159. The van der Waals surface area contributed by atoms with Crippen LogP contribution in [0.1, 0.15) is 36.5 Å². The van der Waals surface area contributed by atoms with Crippen LogP contribution in [0.15, 0.2) is 23.8 Å². The largest absolute Gasteiger partial charge is 0.389 e. The van der Waals surface area contributed by atoms with Crippen molar-refractivity contribution in [2.45, 2.75) is 31.6 Å². The summed E-state index contributed by atoms with van der Waals surface area (Å²) >= 11 is 0. The van der Waals surface area contributed by atoms with E-state index in [0.717, 1.165) is 6.08 Å². The molecule has 2 rings (SSSR count). The Morgan fingerprint density at radius 2 is 2.55 bits per heavy atom. The first-order chi connectivity index (χ1) is 8.34. The molecule has 0 saturated heterocycles. The number of aliphatic hydroxyl groups is 1. The predicted octanol–water partition coefficient (Wildman–Crippen LogP) is 2.03. The highest BCUT2D eigenvalue weighted by Gasteiger charge is 2.25. The molecule has 1 saturated carbocycles. The van der Waals surface area contributed by atoms with Crippen LogP contribution in [0.3, 0.4) is 0 Å². The molecular formula is C10H14O. The Balaban J connectivity index is 2.79. The van der Waals surface area contributed by atoms with Gasteiger partial charge in [-0.05, 0) is 37.0 Å². The molecule has 0 amide bonds. The Bertz CT molecular complexity index is 478. The van der Waals surface area contributed by atoms with E-state index >= 15 is 0 Å². The molecule has 0 spiro atoms. The molecule has 11 heavy (non-hydrogen) atoms. The second-order valence-electron chi connectivity index (χ2n) is 2.41. The average molecular weight is 158 g/mol. The summed E-state index contributed by atoms with van der Waals surface area (Å²) < 4.78 is 62.4. The van der Waals surface area contributed by atoms with Crippen LogP contribution in [-0.2, 0) is 0 Å². The molecule has 2 unspecified atom stereocenters. The van der Waals surface area contributed by atoms with Crippen molar-refractivity contribution >= 4 is 0 Å². The summed E-state index contributed by atoms with van der Waals surface area (Å²) in [6, 6.07) is 0. The third-order valence-electron chi connectivity index (χ3n) is 1.70. The van der Waals surface area contributed by atoms with E-state index in [1.807, 2.05) is 0 Å². The number of fused-ring (bicyclic) bond motifs is 1. The minimum Gasteiger partial charge on any atom is -0.389 e. The third-order valence-corrected chi connectivity index (χ3v) is 1.70. The van der Waals surface area contributed by atoms with Crippen LogP contribution in [0.4, 0.5) is 0 Å². The Morgan fingerprint density at radius 1 is 1.64 bits per heavy atom. The van der Waals surface area contributed by atoms with E-state index in [0.29, 0.717) is 0 Å². The molecule has 0 radical (unpaired) electrons. The van der Waals surface area contributed by atoms with E-state index in [4.69, 9.17) is 11.0 Å². The SMILES string of the molecule is [2H]C1(O)C2=CC=CCC2([2H])C([2H])([2H])C([2H])([2H])C1([2H])[2H]. The van der Waals surface area contributed by atoms with Crippen LogP contribution in [0.5, 0.6) is 0 Å². The molecule has 0 aromatic carbocycles. The minimum atomic E-state index is -3.18. The van der Waals surface area contributed by atoms with Crippen molar-refractivity contribution < 1.29 is 16.1 Å². The third kappa shape index (κ3) is 1.25. The van der Waals surface area contributed by atoms with Gasteiger partial charge in [0.25, 0.3) is 0 Å². The van der Waals surface area contributed by atoms with Crippen molar-refractivity contribution in [1.82, 2.24) is 0 Å². The van der Waals surface area contributed by atoms with Gasteiger partial charge >= 0.3 is 0 Å². The monoisotopic (exact) mass is 158 g/mol. The van der Waals surface area contributed by atoms with Gasteiger partial charge in [0.15, 0.2) is 0 Å². The number of allylic oxidation sites excluding steroid dienone is 3. The number of hydrogen-bond acceptors (Lipinski definition) is 1. The normalized spacial score (nSPS) is 74.1. The number of rotatable bonds is 0. The maximum absolute atomic E-state index is 10.1. The van der Waals surface area contributed by atoms with Gasteiger partial charge in [0.1, 0.15) is 0 Å². The molecule has 2 aliphatic carbocycles. The Labute approximate surface area is 78.7 Å². The lowest BCUT2D eigenvalue weighted by Gasteiger charge is -2.30. The van der Waals surface area contributed by atoms with Crippen molar-refractivity contribution in [3.8, 4) is 0 Å². The summed E-state index contributed by atoms with van der Waals surface area (Å²) in [6.45, 7) is 0. The first-order valence-electron chi connectivity index (χ1n) is 7.44. The van der Waals surface area contributed by atoms with Crippen LogP contribution >= 0.6 is 0 Å². The fourth-order valence-electron chi connectivity index (χ4n) is 1.13. The van der Waals surface area contributed by atoms with Gasteiger partial charge in [-0.15, -0.1) is 0 Å². The second kappa shape index (κ2) is 2.82. The molecule has 60 valence electrons. The van der Waals surface area contributed by atoms with Crippen molar-refractivity contribution in [1.29, 1.82) is 0 Å². The Kier molecular flexibility index (Phi) is 0.631. The molecule has 1 nitrogen and oxygen atoms in total. The summed E-state index contributed by atoms with van der Waals surface area (Å²) in [7, 11) is 0. The zero-order valence-electron chi connectivity index (χ0n) is 13.9. The van der Waals surface area contributed by atoms with Gasteiger partial charge in [0, 0.05) is 9.60 Å². The van der Waals surface area contributed by atoms with E-state index in [1.165, 1.54) is 12.2 Å². The van der Waals surface area contributed by atoms with E-state index in [2.05, 4.69) is 0 Å². The summed E-state index contributed by atoms with van der Waals surface area (Å²) in [4.78, 5) is 0. The van der Waals surface area contributed by atoms with Gasteiger partial charge in [-0.25, -0.2) is 0 Å². The highest BCUT2D eigenvalue weighted by molar-refractivity contribution is 5.25. The second-order valence-corrected chi connectivity index (χ2v) is 2.41. The van der Waals surface area contributed by atoms with Gasteiger partial charge in [0.2, 0.25) is 0 Å². The van der Waals surface area contributed by atoms with E-state index < -0.39 is 36.7 Å². The predicted molar refractivity (Wildman–Crippen MR) is 45.2 cm³/mol. The molecule has 2 atom stereocenters. The molecule has 1 fully saturated rings. The zero-order valence-corrected chi connectivity index (χ0v) is 5.89. The molecule has 0 aromatic heterocycles. The van der Waals surface area contributed by atoms with Crippen molar-refractivity contribution in [2.75, 3.05) is 0 Å². The summed E-state index contributed by atoms with van der Waals surface area (Å²) in [5.74, 6) is -2.20.